The van der Waals surface area contributed by atoms with Crippen LogP contribution in [0.15, 0.2) is 4.79 Å². The molecule has 0 atom stereocenters. The molecule has 1 aromatic heterocycles. The molecule has 0 saturated heterocycles. The lowest BCUT2D eigenvalue weighted by Crippen LogP contribution is -2.32. The second-order valence-electron chi connectivity index (χ2n) is 2.27. The first-order valence-electron chi connectivity index (χ1n) is 3.23. The summed E-state index contributed by atoms with van der Waals surface area (Å²) in [5.41, 5.74) is -0.100. The van der Waals surface area contributed by atoms with E-state index in [9.17, 15) is 4.79 Å². The lowest BCUT2D eigenvalue weighted by atomic mass is 10.4. The van der Waals surface area contributed by atoms with Gasteiger partial charge in [-0.05, 0) is 0 Å². The van der Waals surface area contributed by atoms with E-state index in [0.29, 0.717) is 6.54 Å². The quantitative estimate of drug-likeness (QED) is 0.539. The number of hydrogen-bond donors (Lipinski definition) is 2. The number of halogens is 1. The Hall–Kier alpha value is -0.810. The summed E-state index contributed by atoms with van der Waals surface area (Å²) in [5, 5.41) is 9.33. The van der Waals surface area contributed by atoms with Crippen LogP contribution in [0.1, 0.15) is 5.82 Å². The zero-order chi connectivity index (χ0) is 6.97. The van der Waals surface area contributed by atoms with E-state index in [-0.39, 0.29) is 18.1 Å². The number of aromatic amines is 1. The Morgan fingerprint density at radius 1 is 1.55 bits per heavy atom. The molecule has 1 aliphatic heterocycles. The van der Waals surface area contributed by atoms with Crippen LogP contribution in [-0.2, 0) is 13.1 Å². The Morgan fingerprint density at radius 3 is 3.09 bits per heavy atom. The summed E-state index contributed by atoms with van der Waals surface area (Å²) in [6, 6.07) is 0. The summed E-state index contributed by atoms with van der Waals surface area (Å²) in [4.78, 5) is 10.9. The minimum Gasteiger partial charge on any atom is -0.308 e. The van der Waals surface area contributed by atoms with Gasteiger partial charge < -0.3 is 5.32 Å². The molecule has 2 heterocycles. The highest BCUT2D eigenvalue weighted by atomic mass is 35.5. The third-order valence-electron chi connectivity index (χ3n) is 1.63. The number of nitrogens with zero attached hydrogens (tertiary/aromatic N) is 2. The fourth-order valence-electron chi connectivity index (χ4n) is 1.11. The molecule has 0 radical (unpaired) electrons. The molecule has 0 spiro atoms. The Bertz CT molecular complexity index is 291. The predicted octanol–water partition coefficient (Wildman–Crippen LogP) is -0.904. The van der Waals surface area contributed by atoms with Crippen LogP contribution in [0.25, 0.3) is 0 Å². The number of nitrogens with one attached hydrogen (secondary N) is 2. The lowest BCUT2D eigenvalue weighted by molar-refractivity contribution is 0.497. The van der Waals surface area contributed by atoms with Gasteiger partial charge in [-0.1, -0.05) is 0 Å². The second-order valence-corrected chi connectivity index (χ2v) is 2.27. The molecule has 1 aromatic rings. The molecule has 0 bridgehead atoms. The van der Waals surface area contributed by atoms with Gasteiger partial charge in [-0.25, -0.2) is 9.89 Å². The van der Waals surface area contributed by atoms with Gasteiger partial charge in [-0.15, -0.1) is 12.4 Å². The van der Waals surface area contributed by atoms with Crippen molar-refractivity contribution < 1.29 is 0 Å². The minimum atomic E-state index is -0.100. The molecule has 5 nitrogen and oxygen atoms in total. The summed E-state index contributed by atoms with van der Waals surface area (Å²) >= 11 is 0. The molecule has 0 saturated carbocycles. The first-order valence-corrected chi connectivity index (χ1v) is 3.23. The number of H-pyrrole nitrogens is 1. The summed E-state index contributed by atoms with van der Waals surface area (Å²) in [6.45, 7) is 2.27. The van der Waals surface area contributed by atoms with E-state index < -0.39 is 0 Å². The fourth-order valence-corrected chi connectivity index (χ4v) is 1.11. The normalized spacial score (nSPS) is 15.3. The third kappa shape index (κ3) is 1.29. The average molecular weight is 177 g/mol. The van der Waals surface area contributed by atoms with Gasteiger partial charge in [0.25, 0.3) is 0 Å². The maximum absolute atomic E-state index is 10.9. The monoisotopic (exact) mass is 176 g/mol. The van der Waals surface area contributed by atoms with Crippen molar-refractivity contribution >= 4 is 12.4 Å². The summed E-state index contributed by atoms with van der Waals surface area (Å²) in [6.07, 6.45) is 0. The zero-order valence-electron chi connectivity index (χ0n) is 5.83. The Morgan fingerprint density at radius 2 is 2.36 bits per heavy atom. The van der Waals surface area contributed by atoms with Gasteiger partial charge >= 0.3 is 5.69 Å². The molecular formula is C5H9ClN4O. The molecule has 0 unspecified atom stereocenters. The standard InChI is InChI=1S/C5H8N4O.ClH/c10-5-8-7-4-3-6-1-2-9(4)5;/h6H,1-3H2,(H,8,10);1H. The minimum absolute atomic E-state index is 0. The zero-order valence-corrected chi connectivity index (χ0v) is 6.65. The lowest BCUT2D eigenvalue weighted by Gasteiger charge is -2.11. The third-order valence-corrected chi connectivity index (χ3v) is 1.63. The van der Waals surface area contributed by atoms with Crippen molar-refractivity contribution in [2.45, 2.75) is 13.1 Å². The van der Waals surface area contributed by atoms with Crippen LogP contribution >= 0.6 is 12.4 Å². The smallest absolute Gasteiger partial charge is 0.308 e. The number of aromatic nitrogens is 3. The van der Waals surface area contributed by atoms with E-state index >= 15 is 0 Å². The van der Waals surface area contributed by atoms with Crippen molar-refractivity contribution in [2.24, 2.45) is 0 Å². The van der Waals surface area contributed by atoms with Crippen LogP contribution in [0.5, 0.6) is 0 Å². The Kier molecular flexibility index (Phi) is 2.31. The predicted molar refractivity (Wildman–Crippen MR) is 41.8 cm³/mol. The van der Waals surface area contributed by atoms with E-state index in [4.69, 9.17) is 0 Å². The molecule has 6 heteroatoms. The number of rotatable bonds is 0. The van der Waals surface area contributed by atoms with Gasteiger partial charge in [-0.3, -0.25) is 4.57 Å². The van der Waals surface area contributed by atoms with Crippen molar-refractivity contribution in [1.82, 2.24) is 20.1 Å². The van der Waals surface area contributed by atoms with Gasteiger partial charge in [0, 0.05) is 13.1 Å². The molecule has 0 aromatic carbocycles. The van der Waals surface area contributed by atoms with Crippen LogP contribution in [0.3, 0.4) is 0 Å². The first-order chi connectivity index (χ1) is 4.88. The highest BCUT2D eigenvalue weighted by molar-refractivity contribution is 5.85. The molecule has 2 rings (SSSR count). The van der Waals surface area contributed by atoms with Crippen molar-refractivity contribution in [3.63, 3.8) is 0 Å². The SMILES string of the molecule is Cl.O=c1[nH]nc2n1CCNC2. The van der Waals surface area contributed by atoms with Gasteiger partial charge in [-0.2, -0.15) is 5.10 Å². The summed E-state index contributed by atoms with van der Waals surface area (Å²) in [5.74, 6) is 0.802. The van der Waals surface area contributed by atoms with E-state index in [1.807, 2.05) is 0 Å². The number of hydrogen-bond acceptors (Lipinski definition) is 3. The topological polar surface area (TPSA) is 62.7 Å². The van der Waals surface area contributed by atoms with Crippen LogP contribution in [0, 0.1) is 0 Å². The molecule has 0 aliphatic carbocycles. The largest absolute Gasteiger partial charge is 0.343 e. The summed E-state index contributed by atoms with van der Waals surface area (Å²) < 4.78 is 1.65. The van der Waals surface area contributed by atoms with Crippen molar-refractivity contribution in [3.8, 4) is 0 Å². The molecule has 62 valence electrons. The van der Waals surface area contributed by atoms with E-state index in [2.05, 4.69) is 15.5 Å². The molecule has 11 heavy (non-hydrogen) atoms. The molecular weight excluding hydrogens is 168 g/mol. The van der Waals surface area contributed by atoms with Crippen LogP contribution in [-0.4, -0.2) is 21.3 Å². The van der Waals surface area contributed by atoms with Crippen molar-refractivity contribution in [3.05, 3.63) is 16.3 Å². The van der Waals surface area contributed by atoms with E-state index in [1.54, 1.807) is 4.57 Å². The van der Waals surface area contributed by atoms with E-state index in [0.717, 1.165) is 18.9 Å². The molecule has 2 N–H and O–H groups in total. The Balaban J connectivity index is 0.000000605. The van der Waals surface area contributed by atoms with E-state index in [1.165, 1.54) is 0 Å². The molecule has 1 aliphatic rings. The maximum Gasteiger partial charge on any atom is 0.343 e. The van der Waals surface area contributed by atoms with Gasteiger partial charge in [0.1, 0.15) is 5.82 Å². The number of fused-ring (bicyclic) bond motifs is 1. The van der Waals surface area contributed by atoms with Crippen LogP contribution in [0.2, 0.25) is 0 Å². The molecule has 0 amide bonds. The van der Waals surface area contributed by atoms with Crippen molar-refractivity contribution in [1.29, 1.82) is 0 Å². The molecule has 0 fully saturated rings. The highest BCUT2D eigenvalue weighted by Gasteiger charge is 2.10. The van der Waals surface area contributed by atoms with Gasteiger partial charge in [0.05, 0.1) is 6.54 Å². The average Bonchev–Trinajstić information content (AvgIpc) is 2.34. The second kappa shape index (κ2) is 3.06. The maximum atomic E-state index is 10.9. The highest BCUT2D eigenvalue weighted by Crippen LogP contribution is 1.93. The van der Waals surface area contributed by atoms with Crippen LogP contribution < -0.4 is 11.0 Å². The van der Waals surface area contributed by atoms with Gasteiger partial charge in [0.15, 0.2) is 0 Å². The van der Waals surface area contributed by atoms with Crippen molar-refractivity contribution in [2.75, 3.05) is 6.54 Å². The fraction of sp³-hybridized carbons (Fsp3) is 0.600. The van der Waals surface area contributed by atoms with Gasteiger partial charge in [0.2, 0.25) is 0 Å². The first kappa shape index (κ1) is 8.29. The van der Waals surface area contributed by atoms with Crippen LogP contribution in [0.4, 0.5) is 0 Å². The summed E-state index contributed by atoms with van der Waals surface area (Å²) in [7, 11) is 0. The Labute approximate surface area is 69.2 Å².